The monoisotopic (exact) mass is 493 g/mol. The SMILES string of the molecule is COc1ccc(N2CCN(C(CNS(=O)(=O)c3ccc(F)c(Cl)c3)c3ccco3)CC2)cc1. The fraction of sp³-hybridized carbons (Fsp3) is 0.304. The Bertz CT molecular complexity index is 1160. The van der Waals surface area contributed by atoms with E-state index in [2.05, 4.69) is 14.5 Å². The van der Waals surface area contributed by atoms with Crippen molar-refractivity contribution >= 4 is 27.3 Å². The van der Waals surface area contributed by atoms with Gasteiger partial charge in [0.25, 0.3) is 0 Å². The second-order valence-electron chi connectivity index (χ2n) is 7.68. The van der Waals surface area contributed by atoms with Gasteiger partial charge in [0, 0.05) is 38.4 Å². The first kappa shape index (κ1) is 23.6. The van der Waals surface area contributed by atoms with E-state index < -0.39 is 15.8 Å². The largest absolute Gasteiger partial charge is 0.497 e. The van der Waals surface area contributed by atoms with Crippen molar-refractivity contribution in [3.05, 3.63) is 77.5 Å². The Balaban J connectivity index is 1.44. The first-order valence-corrected chi connectivity index (χ1v) is 12.3. The van der Waals surface area contributed by atoms with E-state index in [4.69, 9.17) is 20.8 Å². The molecule has 0 amide bonds. The lowest BCUT2D eigenvalue weighted by molar-refractivity contribution is 0.166. The van der Waals surface area contributed by atoms with Crippen LogP contribution in [-0.2, 0) is 10.0 Å². The molecule has 0 spiro atoms. The van der Waals surface area contributed by atoms with Crippen LogP contribution in [0.1, 0.15) is 11.8 Å². The molecule has 33 heavy (non-hydrogen) atoms. The minimum absolute atomic E-state index is 0.0866. The molecular weight excluding hydrogens is 469 g/mol. The molecular formula is C23H25ClFN3O4S. The van der Waals surface area contributed by atoms with Crippen LogP contribution in [0.2, 0.25) is 5.02 Å². The quantitative estimate of drug-likeness (QED) is 0.512. The number of hydrogen-bond donors (Lipinski definition) is 1. The van der Waals surface area contributed by atoms with E-state index in [1.165, 1.54) is 6.07 Å². The summed E-state index contributed by atoms with van der Waals surface area (Å²) in [5.74, 6) is 0.816. The van der Waals surface area contributed by atoms with E-state index in [0.29, 0.717) is 5.76 Å². The molecule has 2 heterocycles. The highest BCUT2D eigenvalue weighted by Crippen LogP contribution is 2.26. The lowest BCUT2D eigenvalue weighted by atomic mass is 10.1. The number of benzene rings is 2. The van der Waals surface area contributed by atoms with E-state index in [0.717, 1.165) is 49.7 Å². The number of anilines is 1. The number of hydrogen-bond acceptors (Lipinski definition) is 6. The van der Waals surface area contributed by atoms with Crippen LogP contribution in [-0.4, -0.2) is 53.2 Å². The van der Waals surface area contributed by atoms with Crippen molar-refractivity contribution in [2.24, 2.45) is 0 Å². The standard InChI is InChI=1S/C23H25ClFN3O4S/c1-31-18-6-4-17(5-7-18)27-10-12-28(13-11-27)22(23-3-2-14-32-23)16-26-33(29,30)19-8-9-21(25)20(24)15-19/h2-9,14-15,22,26H,10-13,16H2,1H3. The lowest BCUT2D eigenvalue weighted by Crippen LogP contribution is -2.49. The van der Waals surface area contributed by atoms with Crippen LogP contribution in [0.25, 0.3) is 0 Å². The van der Waals surface area contributed by atoms with Gasteiger partial charge >= 0.3 is 0 Å². The second-order valence-corrected chi connectivity index (χ2v) is 9.85. The van der Waals surface area contributed by atoms with E-state index in [1.54, 1.807) is 19.4 Å². The average molecular weight is 494 g/mol. The van der Waals surface area contributed by atoms with E-state index in [-0.39, 0.29) is 22.5 Å². The van der Waals surface area contributed by atoms with Crippen molar-refractivity contribution in [1.82, 2.24) is 9.62 Å². The normalized spacial score (nSPS) is 16.0. The first-order valence-electron chi connectivity index (χ1n) is 10.5. The molecule has 1 aliphatic rings. The first-order chi connectivity index (χ1) is 15.9. The minimum atomic E-state index is -3.88. The van der Waals surface area contributed by atoms with Crippen molar-refractivity contribution in [2.75, 3.05) is 44.7 Å². The Hall–Kier alpha value is -2.59. The molecule has 1 unspecified atom stereocenters. The van der Waals surface area contributed by atoms with Crippen LogP contribution in [0.5, 0.6) is 5.75 Å². The molecule has 1 atom stereocenters. The van der Waals surface area contributed by atoms with E-state index in [1.807, 2.05) is 30.3 Å². The average Bonchev–Trinajstić information content (AvgIpc) is 3.36. The van der Waals surface area contributed by atoms with Crippen molar-refractivity contribution in [3.63, 3.8) is 0 Å². The summed E-state index contributed by atoms with van der Waals surface area (Å²) in [5.41, 5.74) is 1.11. The molecule has 1 saturated heterocycles. The van der Waals surface area contributed by atoms with Crippen LogP contribution >= 0.6 is 11.6 Å². The van der Waals surface area contributed by atoms with Gasteiger partial charge in [-0.25, -0.2) is 17.5 Å². The summed E-state index contributed by atoms with van der Waals surface area (Å²) in [7, 11) is -2.24. The van der Waals surface area contributed by atoms with Crippen LogP contribution in [0.4, 0.5) is 10.1 Å². The Morgan fingerprint density at radius 2 is 1.85 bits per heavy atom. The smallest absolute Gasteiger partial charge is 0.240 e. The topological polar surface area (TPSA) is 75.0 Å². The maximum atomic E-state index is 13.4. The van der Waals surface area contributed by atoms with Crippen LogP contribution in [0, 0.1) is 5.82 Å². The molecule has 0 saturated carbocycles. The summed E-state index contributed by atoms with van der Waals surface area (Å²) in [6.07, 6.45) is 1.57. The molecule has 7 nitrogen and oxygen atoms in total. The van der Waals surface area contributed by atoms with Gasteiger partial charge in [0.2, 0.25) is 10.0 Å². The highest BCUT2D eigenvalue weighted by molar-refractivity contribution is 7.89. The molecule has 10 heteroatoms. The Labute approximate surface area is 197 Å². The molecule has 1 aromatic heterocycles. The zero-order valence-electron chi connectivity index (χ0n) is 18.1. The summed E-state index contributed by atoms with van der Waals surface area (Å²) in [6, 6.07) is 14.6. The fourth-order valence-electron chi connectivity index (χ4n) is 3.89. The van der Waals surface area contributed by atoms with Crippen LogP contribution in [0.3, 0.4) is 0 Å². The van der Waals surface area contributed by atoms with Crippen LogP contribution < -0.4 is 14.4 Å². The van der Waals surface area contributed by atoms with Crippen molar-refractivity contribution < 1.29 is 22.0 Å². The van der Waals surface area contributed by atoms with Gasteiger partial charge in [0.05, 0.1) is 29.3 Å². The number of sulfonamides is 1. The molecule has 0 bridgehead atoms. The lowest BCUT2D eigenvalue weighted by Gasteiger charge is -2.39. The van der Waals surface area contributed by atoms with E-state index in [9.17, 15) is 12.8 Å². The van der Waals surface area contributed by atoms with Gasteiger partial charge < -0.3 is 14.1 Å². The summed E-state index contributed by atoms with van der Waals surface area (Å²) in [4.78, 5) is 4.38. The highest BCUT2D eigenvalue weighted by atomic mass is 35.5. The number of methoxy groups -OCH3 is 1. The predicted molar refractivity (Wildman–Crippen MR) is 125 cm³/mol. The maximum Gasteiger partial charge on any atom is 0.240 e. The van der Waals surface area contributed by atoms with Gasteiger partial charge in [-0.05, 0) is 54.6 Å². The molecule has 176 valence electrons. The molecule has 2 aromatic carbocycles. The van der Waals surface area contributed by atoms with Crippen molar-refractivity contribution in [1.29, 1.82) is 0 Å². The number of ether oxygens (including phenoxy) is 1. The molecule has 0 aliphatic carbocycles. The molecule has 1 aliphatic heterocycles. The third-order valence-electron chi connectivity index (χ3n) is 5.73. The van der Waals surface area contributed by atoms with Crippen molar-refractivity contribution in [3.8, 4) is 5.75 Å². The predicted octanol–water partition coefficient (Wildman–Crippen LogP) is 3.92. The number of nitrogens with zero attached hydrogens (tertiary/aromatic N) is 2. The zero-order valence-corrected chi connectivity index (χ0v) is 19.7. The molecule has 1 N–H and O–H groups in total. The minimum Gasteiger partial charge on any atom is -0.497 e. The van der Waals surface area contributed by atoms with Crippen LogP contribution in [0.15, 0.2) is 70.2 Å². The number of furan rings is 1. The third kappa shape index (κ3) is 5.50. The summed E-state index contributed by atoms with van der Waals surface area (Å²) < 4.78 is 52.5. The van der Waals surface area contributed by atoms with Gasteiger partial charge in [-0.15, -0.1) is 0 Å². The number of piperazine rings is 1. The van der Waals surface area contributed by atoms with E-state index >= 15 is 0 Å². The number of halogens is 2. The molecule has 3 aromatic rings. The maximum absolute atomic E-state index is 13.4. The molecule has 4 rings (SSSR count). The fourth-order valence-corrected chi connectivity index (χ4v) is 5.20. The summed E-state index contributed by atoms with van der Waals surface area (Å²) in [5, 5.41) is -0.241. The van der Waals surface area contributed by atoms with Gasteiger partial charge in [-0.3, -0.25) is 4.90 Å². The van der Waals surface area contributed by atoms with Gasteiger partial charge in [0.1, 0.15) is 17.3 Å². The third-order valence-corrected chi connectivity index (χ3v) is 7.44. The zero-order chi connectivity index (χ0) is 23.4. The Morgan fingerprint density at radius 1 is 1.12 bits per heavy atom. The van der Waals surface area contributed by atoms with Crippen molar-refractivity contribution in [2.45, 2.75) is 10.9 Å². The second kappa shape index (κ2) is 10.1. The highest BCUT2D eigenvalue weighted by Gasteiger charge is 2.29. The molecule has 1 fully saturated rings. The van der Waals surface area contributed by atoms with Gasteiger partial charge in [-0.1, -0.05) is 11.6 Å². The Kier molecular flexibility index (Phi) is 7.23. The number of rotatable bonds is 8. The summed E-state index contributed by atoms with van der Waals surface area (Å²) >= 11 is 5.76. The van der Waals surface area contributed by atoms with Gasteiger partial charge in [0.15, 0.2) is 0 Å². The molecule has 0 radical (unpaired) electrons. The van der Waals surface area contributed by atoms with Gasteiger partial charge in [-0.2, -0.15) is 0 Å². The number of nitrogens with one attached hydrogen (secondary N) is 1. The summed E-state index contributed by atoms with van der Waals surface area (Å²) in [6.45, 7) is 3.12. The Morgan fingerprint density at radius 3 is 2.45 bits per heavy atom.